The van der Waals surface area contributed by atoms with E-state index in [4.69, 9.17) is 9.47 Å². The lowest BCUT2D eigenvalue weighted by Crippen LogP contribution is -1.98. The zero-order valence-electron chi connectivity index (χ0n) is 10.6. The van der Waals surface area contributed by atoms with E-state index in [2.05, 4.69) is 16.9 Å². The lowest BCUT2D eigenvalue weighted by molar-refractivity contribution is 0.294. The second-order valence-corrected chi connectivity index (χ2v) is 3.79. The van der Waals surface area contributed by atoms with E-state index in [1.54, 1.807) is 25.6 Å². The van der Waals surface area contributed by atoms with Gasteiger partial charge >= 0.3 is 0 Å². The molecule has 0 aliphatic heterocycles. The maximum Gasteiger partial charge on any atom is 0.161 e. The summed E-state index contributed by atoms with van der Waals surface area (Å²) < 4.78 is 10.9. The van der Waals surface area contributed by atoms with Crippen molar-refractivity contribution in [2.24, 2.45) is 0 Å². The summed E-state index contributed by atoms with van der Waals surface area (Å²) in [5.74, 6) is 2.13. The molecule has 0 fully saturated rings. The zero-order chi connectivity index (χ0) is 12.8. The van der Waals surface area contributed by atoms with Crippen molar-refractivity contribution >= 4 is 0 Å². The number of ether oxygens (including phenoxy) is 2. The maximum absolute atomic E-state index is 5.66. The molecule has 4 heteroatoms. The van der Waals surface area contributed by atoms with Gasteiger partial charge in [0.1, 0.15) is 0 Å². The van der Waals surface area contributed by atoms with E-state index >= 15 is 0 Å². The van der Waals surface area contributed by atoms with Crippen molar-refractivity contribution in [1.29, 1.82) is 0 Å². The van der Waals surface area contributed by atoms with Gasteiger partial charge in [-0.15, -0.1) is 0 Å². The molecule has 2 rings (SSSR count). The fourth-order valence-electron chi connectivity index (χ4n) is 1.59. The highest BCUT2D eigenvalue weighted by molar-refractivity contribution is 5.60. The van der Waals surface area contributed by atoms with Crippen LogP contribution in [-0.4, -0.2) is 23.7 Å². The topological polar surface area (TPSA) is 44.2 Å². The van der Waals surface area contributed by atoms with Crippen molar-refractivity contribution in [3.05, 3.63) is 36.7 Å². The molecule has 94 valence electrons. The van der Waals surface area contributed by atoms with E-state index in [9.17, 15) is 0 Å². The SMILES string of the molecule is CCCOc1cc(-c2ncccn2)ccc1OC. The average Bonchev–Trinajstić information content (AvgIpc) is 2.45. The molecule has 18 heavy (non-hydrogen) atoms. The van der Waals surface area contributed by atoms with E-state index in [1.807, 2.05) is 18.2 Å². The molecule has 0 saturated heterocycles. The standard InChI is InChI=1S/C14H16N2O2/c1-3-9-18-13-10-11(5-6-12(13)17-2)14-15-7-4-8-16-14/h4-8,10H,3,9H2,1-2H3. The number of benzene rings is 1. The van der Waals surface area contributed by atoms with Crippen LogP contribution in [0.5, 0.6) is 11.5 Å². The van der Waals surface area contributed by atoms with Crippen molar-refractivity contribution in [1.82, 2.24) is 9.97 Å². The molecule has 4 nitrogen and oxygen atoms in total. The molecule has 2 aromatic rings. The Morgan fingerprint density at radius 2 is 1.89 bits per heavy atom. The summed E-state index contributed by atoms with van der Waals surface area (Å²) in [6.07, 6.45) is 4.40. The van der Waals surface area contributed by atoms with Crippen LogP contribution in [0.3, 0.4) is 0 Å². The van der Waals surface area contributed by atoms with Gasteiger partial charge in [-0.2, -0.15) is 0 Å². The zero-order valence-corrected chi connectivity index (χ0v) is 10.6. The number of nitrogens with zero attached hydrogens (tertiary/aromatic N) is 2. The van der Waals surface area contributed by atoms with Crippen molar-refractivity contribution in [2.75, 3.05) is 13.7 Å². The molecule has 0 saturated carbocycles. The Hall–Kier alpha value is -2.10. The Labute approximate surface area is 107 Å². The first kappa shape index (κ1) is 12.4. The molecule has 0 bridgehead atoms. The Kier molecular flexibility index (Phi) is 4.12. The molecule has 0 atom stereocenters. The summed E-state index contributed by atoms with van der Waals surface area (Å²) >= 11 is 0. The van der Waals surface area contributed by atoms with Crippen LogP contribution in [0.2, 0.25) is 0 Å². The van der Waals surface area contributed by atoms with E-state index in [0.29, 0.717) is 12.4 Å². The predicted molar refractivity (Wildman–Crippen MR) is 69.8 cm³/mol. The van der Waals surface area contributed by atoms with Crippen molar-refractivity contribution in [3.63, 3.8) is 0 Å². The number of hydrogen-bond acceptors (Lipinski definition) is 4. The molecule has 0 N–H and O–H groups in total. The molecule has 1 heterocycles. The normalized spacial score (nSPS) is 10.1. The summed E-state index contributed by atoms with van der Waals surface area (Å²) in [5, 5.41) is 0. The first-order valence-corrected chi connectivity index (χ1v) is 5.93. The van der Waals surface area contributed by atoms with Crippen molar-refractivity contribution in [3.8, 4) is 22.9 Å². The molecular weight excluding hydrogens is 228 g/mol. The third kappa shape index (κ3) is 2.77. The second kappa shape index (κ2) is 6.00. The van der Waals surface area contributed by atoms with Crippen LogP contribution in [0.25, 0.3) is 11.4 Å². The van der Waals surface area contributed by atoms with Gasteiger partial charge in [-0.1, -0.05) is 6.92 Å². The van der Waals surface area contributed by atoms with E-state index in [1.165, 1.54) is 0 Å². The van der Waals surface area contributed by atoms with Crippen LogP contribution in [0.1, 0.15) is 13.3 Å². The van der Waals surface area contributed by atoms with Gasteiger partial charge in [0.15, 0.2) is 17.3 Å². The summed E-state index contributed by atoms with van der Waals surface area (Å²) in [4.78, 5) is 8.44. The first-order chi connectivity index (χ1) is 8.85. The van der Waals surface area contributed by atoms with Gasteiger partial charge in [-0.05, 0) is 30.7 Å². The van der Waals surface area contributed by atoms with Crippen LogP contribution >= 0.6 is 0 Å². The van der Waals surface area contributed by atoms with Crippen LogP contribution < -0.4 is 9.47 Å². The van der Waals surface area contributed by atoms with Crippen LogP contribution in [-0.2, 0) is 0 Å². The molecule has 0 unspecified atom stereocenters. The van der Waals surface area contributed by atoms with Crippen LogP contribution in [0.15, 0.2) is 36.7 Å². The minimum atomic E-state index is 0.662. The molecule has 0 aliphatic carbocycles. The molecule has 1 aromatic heterocycles. The van der Waals surface area contributed by atoms with Gasteiger partial charge in [-0.25, -0.2) is 9.97 Å². The minimum Gasteiger partial charge on any atom is -0.493 e. The van der Waals surface area contributed by atoms with Gasteiger partial charge in [0, 0.05) is 18.0 Å². The van der Waals surface area contributed by atoms with Gasteiger partial charge in [0.25, 0.3) is 0 Å². The quantitative estimate of drug-likeness (QED) is 0.811. The second-order valence-electron chi connectivity index (χ2n) is 3.79. The number of rotatable bonds is 5. The van der Waals surface area contributed by atoms with Crippen LogP contribution in [0, 0.1) is 0 Å². The molecule has 1 aromatic carbocycles. The smallest absolute Gasteiger partial charge is 0.161 e. The summed E-state index contributed by atoms with van der Waals surface area (Å²) in [5.41, 5.74) is 0.919. The highest BCUT2D eigenvalue weighted by Crippen LogP contribution is 2.31. The molecule has 0 amide bonds. The number of methoxy groups -OCH3 is 1. The van der Waals surface area contributed by atoms with Gasteiger partial charge in [-0.3, -0.25) is 0 Å². The fourth-order valence-corrected chi connectivity index (χ4v) is 1.59. The summed E-state index contributed by atoms with van der Waals surface area (Å²) in [6, 6.07) is 7.50. The third-order valence-corrected chi connectivity index (χ3v) is 2.45. The van der Waals surface area contributed by atoms with E-state index in [-0.39, 0.29) is 0 Å². The Morgan fingerprint density at radius 3 is 2.56 bits per heavy atom. The summed E-state index contributed by atoms with van der Waals surface area (Å²) in [7, 11) is 1.63. The van der Waals surface area contributed by atoms with E-state index < -0.39 is 0 Å². The Morgan fingerprint density at radius 1 is 1.11 bits per heavy atom. The van der Waals surface area contributed by atoms with Gasteiger partial charge in [0.2, 0.25) is 0 Å². The maximum atomic E-state index is 5.66. The fraction of sp³-hybridized carbons (Fsp3) is 0.286. The van der Waals surface area contributed by atoms with Gasteiger partial charge < -0.3 is 9.47 Å². The highest BCUT2D eigenvalue weighted by atomic mass is 16.5. The Balaban J connectivity index is 2.33. The van der Waals surface area contributed by atoms with Gasteiger partial charge in [0.05, 0.1) is 13.7 Å². The third-order valence-electron chi connectivity index (χ3n) is 2.45. The van der Waals surface area contributed by atoms with Crippen LogP contribution in [0.4, 0.5) is 0 Å². The largest absolute Gasteiger partial charge is 0.493 e. The van der Waals surface area contributed by atoms with E-state index in [0.717, 1.165) is 23.5 Å². The lowest BCUT2D eigenvalue weighted by Gasteiger charge is -2.11. The molecule has 0 spiro atoms. The molecule has 0 aliphatic rings. The minimum absolute atomic E-state index is 0.662. The molecule has 0 radical (unpaired) electrons. The monoisotopic (exact) mass is 244 g/mol. The highest BCUT2D eigenvalue weighted by Gasteiger charge is 2.08. The predicted octanol–water partition coefficient (Wildman–Crippen LogP) is 2.94. The van der Waals surface area contributed by atoms with Crippen molar-refractivity contribution < 1.29 is 9.47 Å². The molecular formula is C14H16N2O2. The average molecular weight is 244 g/mol. The number of aromatic nitrogens is 2. The lowest BCUT2D eigenvalue weighted by atomic mass is 10.2. The summed E-state index contributed by atoms with van der Waals surface area (Å²) in [6.45, 7) is 2.73. The Bertz CT molecular complexity index is 500. The number of hydrogen-bond donors (Lipinski definition) is 0. The van der Waals surface area contributed by atoms with Crippen molar-refractivity contribution in [2.45, 2.75) is 13.3 Å². The first-order valence-electron chi connectivity index (χ1n) is 5.93.